The Labute approximate surface area is 229 Å². The molecular formula is C27H34Cl2N2O5S. The zero-order chi connectivity index (χ0) is 27.8. The van der Waals surface area contributed by atoms with E-state index in [4.69, 9.17) is 23.2 Å². The molecule has 0 bridgehead atoms. The molecule has 202 valence electrons. The van der Waals surface area contributed by atoms with Crippen LogP contribution in [-0.2, 0) is 19.4 Å². The number of hydrogen-bond acceptors (Lipinski definition) is 5. The highest BCUT2D eigenvalue weighted by Gasteiger charge is 2.52. The molecule has 37 heavy (non-hydrogen) atoms. The molecule has 10 heteroatoms. The topological polar surface area (TPSA) is 105 Å². The number of aliphatic carboxylic acids is 1. The number of hydrogen-bond donors (Lipinski definition) is 1. The van der Waals surface area contributed by atoms with Gasteiger partial charge in [-0.25, -0.2) is 8.42 Å². The number of nitrogens with zero attached hydrogens (tertiary/aromatic N) is 2. The third-order valence-corrected chi connectivity index (χ3v) is 10.3. The standard InChI is InChI=1S/C27H34Cl2N2O5S/c1-17(10-11-37(35,36)26(2,3)4)31-24(18-6-8-20(28)9-7-18)22(19-12-21(29)16-30-15-19)13-27(5,25(31)34)14-23(32)33/h6-9,12,15-17,22,24H,10-11,13-14H2,1-5H3,(H,32,33)/t17-,22+,24+,27-/m0/s1. The number of carboxylic acids is 1. The Hall–Kier alpha value is -2.16. The van der Waals surface area contributed by atoms with Crippen LogP contribution in [-0.4, -0.2) is 51.8 Å². The minimum atomic E-state index is -3.43. The maximum Gasteiger partial charge on any atom is 0.304 e. The summed E-state index contributed by atoms with van der Waals surface area (Å²) in [7, 11) is -3.43. The molecule has 4 atom stereocenters. The number of benzene rings is 1. The molecule has 0 aliphatic carbocycles. The van der Waals surface area contributed by atoms with Gasteiger partial charge in [-0.1, -0.05) is 42.3 Å². The highest BCUT2D eigenvalue weighted by molar-refractivity contribution is 7.92. The van der Waals surface area contributed by atoms with E-state index in [1.165, 1.54) is 6.20 Å². The molecule has 1 saturated heterocycles. The summed E-state index contributed by atoms with van der Waals surface area (Å²) >= 11 is 12.4. The summed E-state index contributed by atoms with van der Waals surface area (Å²) in [5, 5.41) is 10.7. The number of sulfone groups is 1. The molecule has 1 amide bonds. The lowest BCUT2D eigenvalue weighted by Gasteiger charge is -2.51. The molecule has 2 heterocycles. The number of amides is 1. The Balaban J connectivity index is 2.16. The Bertz CT molecular complexity index is 1260. The van der Waals surface area contributed by atoms with Gasteiger partial charge in [0.05, 0.1) is 33.4 Å². The SMILES string of the molecule is C[C@@H](CCS(=O)(=O)C(C)(C)C)N1C(=O)[C@](C)(CC(=O)O)C[C@H](c2cncc(Cl)c2)[C@H]1c1ccc(Cl)cc1. The van der Waals surface area contributed by atoms with Crippen molar-refractivity contribution >= 4 is 44.9 Å². The Kier molecular flexibility index (Phi) is 8.67. The number of halogens is 2. The molecule has 1 aliphatic heterocycles. The molecule has 1 aromatic heterocycles. The van der Waals surface area contributed by atoms with Crippen molar-refractivity contribution in [2.24, 2.45) is 5.41 Å². The third-order valence-electron chi connectivity index (χ3n) is 7.22. The normalized spacial score (nSPS) is 23.6. The van der Waals surface area contributed by atoms with Crippen LogP contribution < -0.4 is 0 Å². The van der Waals surface area contributed by atoms with Crippen LogP contribution in [0.25, 0.3) is 0 Å². The first-order valence-corrected chi connectivity index (χ1v) is 14.6. The van der Waals surface area contributed by atoms with Gasteiger partial charge in [0.1, 0.15) is 0 Å². The van der Waals surface area contributed by atoms with Crippen LogP contribution in [0, 0.1) is 5.41 Å². The molecule has 0 saturated carbocycles. The van der Waals surface area contributed by atoms with Crippen molar-refractivity contribution in [3.05, 3.63) is 63.9 Å². The van der Waals surface area contributed by atoms with Gasteiger partial charge < -0.3 is 10.0 Å². The van der Waals surface area contributed by atoms with Gasteiger partial charge >= 0.3 is 5.97 Å². The summed E-state index contributed by atoms with van der Waals surface area (Å²) in [6, 6.07) is 7.96. The summed E-state index contributed by atoms with van der Waals surface area (Å²) in [4.78, 5) is 31.9. The second kappa shape index (κ2) is 10.9. The highest BCUT2D eigenvalue weighted by atomic mass is 35.5. The fraction of sp³-hybridized carbons (Fsp3) is 0.519. The van der Waals surface area contributed by atoms with Gasteiger partial charge in [0.25, 0.3) is 0 Å². The van der Waals surface area contributed by atoms with E-state index >= 15 is 0 Å². The first-order valence-electron chi connectivity index (χ1n) is 12.2. The van der Waals surface area contributed by atoms with Crippen molar-refractivity contribution in [1.29, 1.82) is 0 Å². The molecule has 2 aromatic rings. The summed E-state index contributed by atoms with van der Waals surface area (Å²) in [5.41, 5.74) is 0.375. The number of carbonyl (C=O) groups excluding carboxylic acids is 1. The predicted octanol–water partition coefficient (Wildman–Crippen LogP) is 5.92. The van der Waals surface area contributed by atoms with Gasteiger partial charge in [0.2, 0.25) is 5.91 Å². The smallest absolute Gasteiger partial charge is 0.304 e. The van der Waals surface area contributed by atoms with Crippen LogP contribution >= 0.6 is 23.2 Å². The second-order valence-corrected chi connectivity index (χ2v) is 14.9. The largest absolute Gasteiger partial charge is 0.481 e. The molecule has 1 aromatic carbocycles. The van der Waals surface area contributed by atoms with E-state index in [1.807, 2.05) is 19.1 Å². The fourth-order valence-corrected chi connectivity index (χ4v) is 6.60. The van der Waals surface area contributed by atoms with Gasteiger partial charge in [-0.3, -0.25) is 14.6 Å². The molecule has 0 unspecified atom stereocenters. The molecule has 3 rings (SSSR count). The van der Waals surface area contributed by atoms with Crippen LogP contribution in [0.1, 0.15) is 77.0 Å². The van der Waals surface area contributed by atoms with Crippen LogP contribution in [0.5, 0.6) is 0 Å². The van der Waals surface area contributed by atoms with Crippen molar-refractivity contribution in [2.75, 3.05) is 5.75 Å². The van der Waals surface area contributed by atoms with Gasteiger partial charge in [0, 0.05) is 29.4 Å². The number of carbonyl (C=O) groups is 2. The first-order chi connectivity index (χ1) is 17.1. The molecular weight excluding hydrogens is 535 g/mol. The van der Waals surface area contributed by atoms with Crippen molar-refractivity contribution in [2.45, 2.75) is 76.6 Å². The second-order valence-electron chi connectivity index (χ2n) is 11.2. The van der Waals surface area contributed by atoms with E-state index in [0.29, 0.717) is 10.0 Å². The van der Waals surface area contributed by atoms with Crippen LogP contribution in [0.4, 0.5) is 0 Å². The number of likely N-dealkylation sites (tertiary alicyclic amines) is 1. The predicted molar refractivity (Wildman–Crippen MR) is 146 cm³/mol. The fourth-order valence-electron chi connectivity index (χ4n) is 5.03. The highest BCUT2D eigenvalue weighted by Crippen LogP contribution is 2.52. The van der Waals surface area contributed by atoms with E-state index in [1.54, 1.807) is 57.0 Å². The van der Waals surface area contributed by atoms with Crippen molar-refractivity contribution in [3.8, 4) is 0 Å². The van der Waals surface area contributed by atoms with E-state index in [-0.39, 0.29) is 36.8 Å². The van der Waals surface area contributed by atoms with Crippen LogP contribution in [0.3, 0.4) is 0 Å². The Morgan fingerprint density at radius 1 is 1.16 bits per heavy atom. The van der Waals surface area contributed by atoms with Crippen molar-refractivity contribution < 1.29 is 23.1 Å². The lowest BCUT2D eigenvalue weighted by molar-refractivity contribution is -0.160. The summed E-state index contributed by atoms with van der Waals surface area (Å²) in [6.45, 7) is 8.45. The maximum atomic E-state index is 14.1. The van der Waals surface area contributed by atoms with E-state index in [2.05, 4.69) is 4.98 Å². The van der Waals surface area contributed by atoms with Gasteiger partial charge in [-0.15, -0.1) is 0 Å². The third kappa shape index (κ3) is 6.47. The molecule has 1 N–H and O–H groups in total. The minimum absolute atomic E-state index is 0.103. The Morgan fingerprint density at radius 3 is 2.32 bits per heavy atom. The quantitative estimate of drug-likeness (QED) is 0.423. The molecule has 1 fully saturated rings. The zero-order valence-corrected chi connectivity index (χ0v) is 24.1. The van der Waals surface area contributed by atoms with Gasteiger partial charge in [-0.2, -0.15) is 0 Å². The lowest BCUT2D eigenvalue weighted by Crippen LogP contribution is -2.55. The summed E-state index contributed by atoms with van der Waals surface area (Å²) in [5.74, 6) is -1.84. The van der Waals surface area contributed by atoms with Crippen LogP contribution in [0.2, 0.25) is 10.0 Å². The van der Waals surface area contributed by atoms with E-state index in [9.17, 15) is 23.1 Å². The average molecular weight is 570 g/mol. The first kappa shape index (κ1) is 29.4. The molecule has 0 radical (unpaired) electrons. The number of piperidine rings is 1. The molecule has 7 nitrogen and oxygen atoms in total. The average Bonchev–Trinajstić information content (AvgIpc) is 2.78. The lowest BCUT2D eigenvalue weighted by atomic mass is 9.67. The minimum Gasteiger partial charge on any atom is -0.481 e. The summed E-state index contributed by atoms with van der Waals surface area (Å²) in [6.07, 6.45) is 3.32. The number of rotatable bonds is 8. The number of aromatic nitrogens is 1. The molecule has 1 aliphatic rings. The number of carboxylic acid groups (broad SMARTS) is 1. The molecule has 0 spiro atoms. The van der Waals surface area contributed by atoms with Crippen molar-refractivity contribution in [3.63, 3.8) is 0 Å². The van der Waals surface area contributed by atoms with Crippen molar-refractivity contribution in [1.82, 2.24) is 9.88 Å². The van der Waals surface area contributed by atoms with E-state index < -0.39 is 38.1 Å². The summed E-state index contributed by atoms with van der Waals surface area (Å²) < 4.78 is 24.8. The van der Waals surface area contributed by atoms with Crippen LogP contribution in [0.15, 0.2) is 42.7 Å². The monoisotopic (exact) mass is 568 g/mol. The van der Waals surface area contributed by atoms with Gasteiger partial charge in [-0.05, 0) is 69.9 Å². The Morgan fingerprint density at radius 2 is 1.78 bits per heavy atom. The van der Waals surface area contributed by atoms with Gasteiger partial charge in [0.15, 0.2) is 9.84 Å². The maximum absolute atomic E-state index is 14.1. The number of pyridine rings is 1. The van der Waals surface area contributed by atoms with E-state index in [0.717, 1.165) is 11.1 Å². The zero-order valence-electron chi connectivity index (χ0n) is 21.7.